The summed E-state index contributed by atoms with van der Waals surface area (Å²) in [5, 5.41) is 3.48. The van der Waals surface area contributed by atoms with E-state index in [2.05, 4.69) is 64.1 Å². The SMILES string of the molecule is CCNC(=NCc1cccc(CN2CCCC2=O)c1)N1CCC(C)C(n2ccnc2)C1.I. The molecule has 2 unspecified atom stereocenters. The predicted molar refractivity (Wildman–Crippen MR) is 138 cm³/mol. The summed E-state index contributed by atoms with van der Waals surface area (Å²) >= 11 is 0. The average molecular weight is 550 g/mol. The van der Waals surface area contributed by atoms with Gasteiger partial charge in [0.1, 0.15) is 0 Å². The number of aromatic nitrogens is 2. The van der Waals surface area contributed by atoms with Crippen LogP contribution in [0.2, 0.25) is 0 Å². The number of guanidine groups is 1. The fraction of sp³-hybridized carbons (Fsp3) is 0.542. The summed E-state index contributed by atoms with van der Waals surface area (Å²) in [6.45, 7) is 9.43. The van der Waals surface area contributed by atoms with Gasteiger partial charge >= 0.3 is 0 Å². The van der Waals surface area contributed by atoms with Crippen molar-refractivity contribution < 1.29 is 4.79 Å². The van der Waals surface area contributed by atoms with Crippen LogP contribution in [-0.2, 0) is 17.9 Å². The minimum atomic E-state index is 0. The van der Waals surface area contributed by atoms with Crippen LogP contribution in [0.5, 0.6) is 0 Å². The van der Waals surface area contributed by atoms with Crippen LogP contribution in [0.15, 0.2) is 48.0 Å². The number of amides is 1. The van der Waals surface area contributed by atoms with Crippen LogP contribution in [0.1, 0.15) is 50.3 Å². The summed E-state index contributed by atoms with van der Waals surface area (Å²) in [4.78, 5) is 25.5. The Morgan fingerprint density at radius 2 is 2.12 bits per heavy atom. The highest BCUT2D eigenvalue weighted by atomic mass is 127. The molecule has 0 aliphatic carbocycles. The van der Waals surface area contributed by atoms with Gasteiger partial charge in [0.25, 0.3) is 0 Å². The first-order valence-corrected chi connectivity index (χ1v) is 11.5. The quantitative estimate of drug-likeness (QED) is 0.339. The normalized spacial score (nSPS) is 21.6. The lowest BCUT2D eigenvalue weighted by atomic mass is 9.93. The van der Waals surface area contributed by atoms with E-state index in [0.717, 1.165) is 45.0 Å². The third-order valence-electron chi connectivity index (χ3n) is 6.41. The maximum Gasteiger partial charge on any atom is 0.222 e. The van der Waals surface area contributed by atoms with Gasteiger partial charge in [-0.05, 0) is 36.8 Å². The van der Waals surface area contributed by atoms with Crippen molar-refractivity contribution in [2.24, 2.45) is 10.9 Å². The van der Waals surface area contributed by atoms with E-state index in [1.165, 1.54) is 11.1 Å². The molecule has 32 heavy (non-hydrogen) atoms. The van der Waals surface area contributed by atoms with Gasteiger partial charge in [-0.15, -0.1) is 24.0 Å². The maximum absolute atomic E-state index is 11.9. The molecule has 0 bridgehead atoms. The number of rotatable bonds is 6. The first-order valence-electron chi connectivity index (χ1n) is 11.5. The molecule has 2 atom stereocenters. The summed E-state index contributed by atoms with van der Waals surface area (Å²) in [5.41, 5.74) is 2.36. The lowest BCUT2D eigenvalue weighted by Crippen LogP contribution is -2.49. The second kappa shape index (κ2) is 11.7. The van der Waals surface area contributed by atoms with Crippen LogP contribution in [0.3, 0.4) is 0 Å². The molecule has 3 heterocycles. The van der Waals surface area contributed by atoms with Crippen molar-refractivity contribution in [3.05, 3.63) is 54.1 Å². The number of nitrogens with one attached hydrogen (secondary N) is 1. The summed E-state index contributed by atoms with van der Waals surface area (Å²) in [6.07, 6.45) is 8.63. The molecule has 0 spiro atoms. The van der Waals surface area contributed by atoms with Crippen LogP contribution in [0, 0.1) is 5.92 Å². The maximum atomic E-state index is 11.9. The Labute approximate surface area is 208 Å². The zero-order valence-electron chi connectivity index (χ0n) is 19.1. The van der Waals surface area contributed by atoms with Crippen LogP contribution in [-0.4, -0.2) is 57.4 Å². The highest BCUT2D eigenvalue weighted by molar-refractivity contribution is 14.0. The van der Waals surface area contributed by atoms with Gasteiger partial charge in [-0.2, -0.15) is 0 Å². The van der Waals surface area contributed by atoms with Crippen molar-refractivity contribution in [2.75, 3.05) is 26.2 Å². The van der Waals surface area contributed by atoms with Gasteiger partial charge in [-0.25, -0.2) is 9.98 Å². The van der Waals surface area contributed by atoms with Crippen LogP contribution < -0.4 is 5.32 Å². The number of benzene rings is 1. The lowest BCUT2D eigenvalue weighted by Gasteiger charge is -2.39. The zero-order chi connectivity index (χ0) is 21.6. The van der Waals surface area contributed by atoms with Gasteiger partial charge < -0.3 is 19.7 Å². The number of likely N-dealkylation sites (tertiary alicyclic amines) is 2. The predicted octanol–water partition coefficient (Wildman–Crippen LogP) is 3.67. The number of halogens is 1. The molecule has 1 aromatic carbocycles. The smallest absolute Gasteiger partial charge is 0.222 e. The van der Waals surface area contributed by atoms with E-state index < -0.39 is 0 Å². The Balaban J connectivity index is 0.00000289. The Kier molecular flexibility index (Phi) is 8.95. The summed E-state index contributed by atoms with van der Waals surface area (Å²) < 4.78 is 2.23. The molecule has 7 nitrogen and oxygen atoms in total. The van der Waals surface area contributed by atoms with Crippen molar-refractivity contribution in [2.45, 2.75) is 52.2 Å². The van der Waals surface area contributed by atoms with Gasteiger partial charge in [0.15, 0.2) is 5.96 Å². The van der Waals surface area contributed by atoms with Crippen molar-refractivity contribution in [3.8, 4) is 0 Å². The molecule has 2 saturated heterocycles. The Morgan fingerprint density at radius 1 is 1.28 bits per heavy atom. The molecular weight excluding hydrogens is 515 g/mol. The summed E-state index contributed by atoms with van der Waals surface area (Å²) in [7, 11) is 0. The number of nitrogens with zero attached hydrogens (tertiary/aromatic N) is 5. The monoisotopic (exact) mass is 550 g/mol. The molecule has 2 fully saturated rings. The molecule has 0 saturated carbocycles. The third-order valence-corrected chi connectivity index (χ3v) is 6.41. The number of carbonyl (C=O) groups excluding carboxylic acids is 1. The molecule has 4 rings (SSSR count). The number of hydrogen-bond donors (Lipinski definition) is 1. The fourth-order valence-electron chi connectivity index (χ4n) is 4.60. The van der Waals surface area contributed by atoms with Crippen LogP contribution in [0.25, 0.3) is 0 Å². The van der Waals surface area contributed by atoms with E-state index in [1.807, 2.05) is 17.4 Å². The number of aliphatic imine (C=N–C) groups is 1. The average Bonchev–Trinajstić information content (AvgIpc) is 3.44. The zero-order valence-corrected chi connectivity index (χ0v) is 21.4. The molecule has 1 aromatic heterocycles. The second-order valence-electron chi connectivity index (χ2n) is 8.70. The van der Waals surface area contributed by atoms with E-state index in [4.69, 9.17) is 4.99 Å². The molecule has 1 amide bonds. The minimum Gasteiger partial charge on any atom is -0.357 e. The molecule has 0 radical (unpaired) electrons. The van der Waals surface area contributed by atoms with Gasteiger partial charge in [0.2, 0.25) is 5.91 Å². The lowest BCUT2D eigenvalue weighted by molar-refractivity contribution is -0.128. The summed E-state index contributed by atoms with van der Waals surface area (Å²) in [6, 6.07) is 8.89. The minimum absolute atomic E-state index is 0. The van der Waals surface area contributed by atoms with Crippen molar-refractivity contribution in [1.29, 1.82) is 0 Å². The van der Waals surface area contributed by atoms with Gasteiger partial charge in [0.05, 0.1) is 18.9 Å². The molecule has 2 aliphatic heterocycles. The molecular formula is C24H35IN6O. The highest BCUT2D eigenvalue weighted by Gasteiger charge is 2.29. The van der Waals surface area contributed by atoms with Crippen molar-refractivity contribution >= 4 is 35.8 Å². The number of imidazole rings is 1. The van der Waals surface area contributed by atoms with Gasteiger partial charge in [-0.1, -0.05) is 31.2 Å². The van der Waals surface area contributed by atoms with Crippen molar-refractivity contribution in [3.63, 3.8) is 0 Å². The Morgan fingerprint density at radius 3 is 2.84 bits per heavy atom. The Hall–Kier alpha value is -2.10. The van der Waals surface area contributed by atoms with Gasteiger partial charge in [0, 0.05) is 51.5 Å². The third kappa shape index (κ3) is 6.02. The first-order chi connectivity index (χ1) is 15.1. The molecule has 2 aromatic rings. The van der Waals surface area contributed by atoms with E-state index in [0.29, 0.717) is 31.5 Å². The Bertz CT molecular complexity index is 900. The molecule has 1 N–H and O–H groups in total. The number of carbonyl (C=O) groups is 1. The largest absolute Gasteiger partial charge is 0.357 e. The first kappa shape index (κ1) is 24.5. The second-order valence-corrected chi connectivity index (χ2v) is 8.70. The van der Waals surface area contributed by atoms with Crippen LogP contribution >= 0.6 is 24.0 Å². The van der Waals surface area contributed by atoms with Gasteiger partial charge in [-0.3, -0.25) is 4.79 Å². The molecule has 174 valence electrons. The number of hydrogen-bond acceptors (Lipinski definition) is 3. The van der Waals surface area contributed by atoms with Crippen LogP contribution in [0.4, 0.5) is 0 Å². The van der Waals surface area contributed by atoms with Crippen molar-refractivity contribution in [1.82, 2.24) is 24.7 Å². The molecule has 8 heteroatoms. The van der Waals surface area contributed by atoms with E-state index in [-0.39, 0.29) is 29.9 Å². The van der Waals surface area contributed by atoms with E-state index in [1.54, 1.807) is 0 Å². The highest BCUT2D eigenvalue weighted by Crippen LogP contribution is 2.27. The molecule has 2 aliphatic rings. The van der Waals surface area contributed by atoms with E-state index in [9.17, 15) is 4.79 Å². The fourth-order valence-corrected chi connectivity index (χ4v) is 4.60. The van der Waals surface area contributed by atoms with E-state index >= 15 is 0 Å². The summed E-state index contributed by atoms with van der Waals surface area (Å²) in [5.74, 6) is 1.85. The topological polar surface area (TPSA) is 65.8 Å². The standard InChI is InChI=1S/C24H34N6O.HI/c1-3-26-24(29-12-9-19(2)22(17-29)30-13-10-25-18-30)27-15-20-6-4-7-21(14-20)16-28-11-5-8-23(28)31;/h4,6-7,10,13-14,18-19,22H,3,5,8-9,11-12,15-17H2,1-2H3,(H,26,27);1H. The number of piperidine rings is 1.